The average molecular weight is 328 g/mol. The highest BCUT2D eigenvalue weighted by molar-refractivity contribution is 5.94. The lowest BCUT2D eigenvalue weighted by atomic mass is 10.1. The first-order valence-corrected chi connectivity index (χ1v) is 7.94. The van der Waals surface area contributed by atoms with Crippen molar-refractivity contribution in [1.82, 2.24) is 4.90 Å². The van der Waals surface area contributed by atoms with E-state index < -0.39 is 6.10 Å². The summed E-state index contributed by atoms with van der Waals surface area (Å²) in [6, 6.07) is 16.9. The second-order valence-corrected chi connectivity index (χ2v) is 5.74. The summed E-state index contributed by atoms with van der Waals surface area (Å²) in [5.74, 6) is -0.138. The summed E-state index contributed by atoms with van der Waals surface area (Å²) in [5, 5.41) is 10.0. The quantitative estimate of drug-likeness (QED) is 0.775. The van der Waals surface area contributed by atoms with Crippen LogP contribution in [-0.2, 0) is 17.9 Å². The molecule has 0 saturated carbocycles. The van der Waals surface area contributed by atoms with Gasteiger partial charge in [0.2, 0.25) is 0 Å². The van der Waals surface area contributed by atoms with Crippen molar-refractivity contribution in [2.24, 2.45) is 5.73 Å². The van der Waals surface area contributed by atoms with Gasteiger partial charge in [0.05, 0.1) is 19.3 Å². The third-order valence-corrected chi connectivity index (χ3v) is 3.69. The van der Waals surface area contributed by atoms with Crippen LogP contribution in [-0.4, -0.2) is 42.2 Å². The van der Waals surface area contributed by atoms with Crippen molar-refractivity contribution >= 4 is 5.91 Å². The van der Waals surface area contributed by atoms with Crippen LogP contribution >= 0.6 is 0 Å². The van der Waals surface area contributed by atoms with Crippen molar-refractivity contribution in [2.45, 2.75) is 19.3 Å². The number of carbonyl (C=O) groups is 1. The van der Waals surface area contributed by atoms with E-state index in [2.05, 4.69) is 0 Å². The number of hydrogen-bond acceptors (Lipinski definition) is 4. The fourth-order valence-corrected chi connectivity index (χ4v) is 2.34. The molecule has 128 valence electrons. The van der Waals surface area contributed by atoms with Gasteiger partial charge in [-0.15, -0.1) is 0 Å². The van der Waals surface area contributed by atoms with Gasteiger partial charge < -0.3 is 20.5 Å². The molecule has 2 aromatic rings. The number of hydrogen-bond donors (Lipinski definition) is 2. The third-order valence-electron chi connectivity index (χ3n) is 3.69. The molecule has 0 bridgehead atoms. The lowest BCUT2D eigenvalue weighted by Crippen LogP contribution is -2.36. The average Bonchev–Trinajstić information content (AvgIpc) is 2.62. The molecule has 0 aliphatic heterocycles. The predicted molar refractivity (Wildman–Crippen MR) is 93.4 cm³/mol. The van der Waals surface area contributed by atoms with E-state index in [0.717, 1.165) is 11.1 Å². The largest absolute Gasteiger partial charge is 0.389 e. The number of carbonyl (C=O) groups excluding carboxylic acids is 1. The molecule has 0 radical (unpaired) electrons. The van der Waals surface area contributed by atoms with Crippen LogP contribution in [0.5, 0.6) is 0 Å². The summed E-state index contributed by atoms with van der Waals surface area (Å²) in [5.41, 5.74) is 8.15. The van der Waals surface area contributed by atoms with E-state index in [1.54, 1.807) is 19.2 Å². The Balaban J connectivity index is 1.77. The normalized spacial score (nSPS) is 12.0. The highest BCUT2D eigenvalue weighted by atomic mass is 16.5. The van der Waals surface area contributed by atoms with Crippen LogP contribution in [0.25, 0.3) is 0 Å². The maximum Gasteiger partial charge on any atom is 0.253 e. The molecule has 0 fully saturated rings. The number of likely N-dealkylation sites (N-methyl/N-ethyl adjacent to an activating group) is 1. The Hall–Kier alpha value is -2.21. The van der Waals surface area contributed by atoms with Gasteiger partial charge in [0.1, 0.15) is 0 Å². The summed E-state index contributed by atoms with van der Waals surface area (Å²) in [6.07, 6.45) is -0.731. The summed E-state index contributed by atoms with van der Waals surface area (Å²) in [6.45, 7) is 1.28. The molecule has 2 rings (SSSR count). The number of rotatable bonds is 8. The Morgan fingerprint density at radius 2 is 1.79 bits per heavy atom. The summed E-state index contributed by atoms with van der Waals surface area (Å²) in [4.78, 5) is 13.8. The van der Waals surface area contributed by atoms with Crippen molar-refractivity contribution in [1.29, 1.82) is 0 Å². The van der Waals surface area contributed by atoms with Gasteiger partial charge in [-0.2, -0.15) is 0 Å². The summed E-state index contributed by atoms with van der Waals surface area (Å²) < 4.78 is 5.50. The van der Waals surface area contributed by atoms with Crippen LogP contribution in [0.4, 0.5) is 0 Å². The van der Waals surface area contributed by atoms with E-state index in [1.165, 1.54) is 4.90 Å². The molecular formula is C19H24N2O3. The molecule has 0 aromatic heterocycles. The predicted octanol–water partition coefficient (Wildman–Crippen LogP) is 1.79. The van der Waals surface area contributed by atoms with E-state index in [4.69, 9.17) is 10.5 Å². The molecule has 2 aromatic carbocycles. The molecule has 1 amide bonds. The Morgan fingerprint density at radius 3 is 2.42 bits per heavy atom. The van der Waals surface area contributed by atoms with Gasteiger partial charge >= 0.3 is 0 Å². The molecule has 5 heteroatoms. The SMILES string of the molecule is CN(CC(O)COCc1ccccc1)C(=O)c1ccc(CN)cc1. The maximum absolute atomic E-state index is 12.3. The minimum absolute atomic E-state index is 0.138. The molecule has 24 heavy (non-hydrogen) atoms. The number of benzene rings is 2. The zero-order chi connectivity index (χ0) is 17.4. The van der Waals surface area contributed by atoms with Crippen LogP contribution in [0.1, 0.15) is 21.5 Å². The maximum atomic E-state index is 12.3. The van der Waals surface area contributed by atoms with Gasteiger partial charge in [-0.3, -0.25) is 4.79 Å². The van der Waals surface area contributed by atoms with Gasteiger partial charge in [0, 0.05) is 25.7 Å². The molecule has 1 atom stereocenters. The first-order chi connectivity index (χ1) is 11.6. The molecule has 0 spiro atoms. The molecule has 3 N–H and O–H groups in total. The highest BCUT2D eigenvalue weighted by Crippen LogP contribution is 2.08. The number of aliphatic hydroxyl groups is 1. The number of nitrogens with zero attached hydrogens (tertiary/aromatic N) is 1. The number of aliphatic hydroxyl groups excluding tert-OH is 1. The molecule has 0 aliphatic rings. The Labute approximate surface area is 142 Å². The van der Waals surface area contributed by atoms with E-state index in [0.29, 0.717) is 18.7 Å². The Morgan fingerprint density at radius 1 is 1.12 bits per heavy atom. The number of nitrogens with two attached hydrogens (primary N) is 1. The topological polar surface area (TPSA) is 75.8 Å². The lowest BCUT2D eigenvalue weighted by molar-refractivity contribution is 0.0137. The van der Waals surface area contributed by atoms with Crippen molar-refractivity contribution in [3.05, 3.63) is 71.3 Å². The third kappa shape index (κ3) is 5.45. The van der Waals surface area contributed by atoms with E-state index in [1.807, 2.05) is 42.5 Å². The van der Waals surface area contributed by atoms with Crippen molar-refractivity contribution < 1.29 is 14.6 Å². The minimum atomic E-state index is -0.731. The van der Waals surface area contributed by atoms with Crippen LogP contribution in [0, 0.1) is 0 Å². The van der Waals surface area contributed by atoms with E-state index in [-0.39, 0.29) is 19.1 Å². The fraction of sp³-hybridized carbons (Fsp3) is 0.316. The second-order valence-electron chi connectivity index (χ2n) is 5.74. The highest BCUT2D eigenvalue weighted by Gasteiger charge is 2.15. The second kappa shape index (κ2) is 9.17. The van der Waals surface area contributed by atoms with E-state index >= 15 is 0 Å². The van der Waals surface area contributed by atoms with Gasteiger partial charge in [-0.25, -0.2) is 0 Å². The molecule has 5 nitrogen and oxygen atoms in total. The standard InChI is InChI=1S/C19H24N2O3/c1-21(19(23)17-9-7-15(11-20)8-10-17)12-18(22)14-24-13-16-5-3-2-4-6-16/h2-10,18,22H,11-14,20H2,1H3. The van der Waals surface area contributed by atoms with Crippen molar-refractivity contribution in [2.75, 3.05) is 20.2 Å². The van der Waals surface area contributed by atoms with Crippen LogP contribution in [0.3, 0.4) is 0 Å². The zero-order valence-corrected chi connectivity index (χ0v) is 13.9. The number of amides is 1. The Kier molecular flexibility index (Phi) is 6.93. The fourth-order valence-electron chi connectivity index (χ4n) is 2.34. The van der Waals surface area contributed by atoms with Gasteiger partial charge in [-0.05, 0) is 23.3 Å². The summed E-state index contributed by atoms with van der Waals surface area (Å²) in [7, 11) is 1.67. The van der Waals surface area contributed by atoms with Gasteiger partial charge in [0.25, 0.3) is 5.91 Å². The van der Waals surface area contributed by atoms with E-state index in [9.17, 15) is 9.90 Å². The molecule has 0 heterocycles. The summed E-state index contributed by atoms with van der Waals surface area (Å²) >= 11 is 0. The minimum Gasteiger partial charge on any atom is -0.389 e. The lowest BCUT2D eigenvalue weighted by Gasteiger charge is -2.21. The smallest absolute Gasteiger partial charge is 0.253 e. The van der Waals surface area contributed by atoms with Gasteiger partial charge in [-0.1, -0.05) is 42.5 Å². The van der Waals surface area contributed by atoms with Crippen molar-refractivity contribution in [3.8, 4) is 0 Å². The molecular weight excluding hydrogens is 304 g/mol. The van der Waals surface area contributed by atoms with Crippen molar-refractivity contribution in [3.63, 3.8) is 0 Å². The Bertz CT molecular complexity index is 629. The van der Waals surface area contributed by atoms with Crippen LogP contribution < -0.4 is 5.73 Å². The zero-order valence-electron chi connectivity index (χ0n) is 13.9. The molecule has 0 saturated heterocycles. The van der Waals surface area contributed by atoms with Gasteiger partial charge in [0.15, 0.2) is 0 Å². The molecule has 0 aliphatic carbocycles. The van der Waals surface area contributed by atoms with Crippen LogP contribution in [0.2, 0.25) is 0 Å². The molecule has 1 unspecified atom stereocenters. The van der Waals surface area contributed by atoms with Crippen LogP contribution in [0.15, 0.2) is 54.6 Å². The first kappa shape index (κ1) is 18.1. The number of ether oxygens (including phenoxy) is 1. The monoisotopic (exact) mass is 328 g/mol. The first-order valence-electron chi connectivity index (χ1n) is 7.94.